The van der Waals surface area contributed by atoms with Gasteiger partial charge < -0.3 is 10.5 Å². The second-order valence-electron chi connectivity index (χ2n) is 3.02. The zero-order valence-corrected chi connectivity index (χ0v) is 9.65. The number of methoxy groups -OCH3 is 1. The van der Waals surface area contributed by atoms with Gasteiger partial charge in [-0.3, -0.25) is 4.57 Å². The highest BCUT2D eigenvalue weighted by atomic mass is 35.5. The van der Waals surface area contributed by atoms with E-state index in [2.05, 4.69) is 10.2 Å². The minimum Gasteiger partial charge on any atom is -0.497 e. The van der Waals surface area contributed by atoms with Gasteiger partial charge in [-0.25, -0.2) is 0 Å². The molecule has 86 valence electrons. The van der Waals surface area contributed by atoms with Crippen molar-refractivity contribution in [2.75, 3.05) is 7.11 Å². The molecule has 0 radical (unpaired) electrons. The molecule has 0 unspecified atom stereocenters. The van der Waals surface area contributed by atoms with Crippen molar-refractivity contribution in [3.63, 3.8) is 0 Å². The molecule has 5 nitrogen and oxygen atoms in total. The first-order chi connectivity index (χ1) is 7.35. The zero-order valence-electron chi connectivity index (χ0n) is 8.83. The molecule has 2 rings (SSSR count). The highest BCUT2D eigenvalue weighted by molar-refractivity contribution is 5.85. The van der Waals surface area contributed by atoms with Crippen LogP contribution in [0.2, 0.25) is 0 Å². The van der Waals surface area contributed by atoms with Crippen molar-refractivity contribution in [2.24, 2.45) is 5.73 Å². The minimum atomic E-state index is 0. The predicted octanol–water partition coefficient (Wildman–Crippen LogP) is 1.16. The molecular formula is C10H13ClN4O. The highest BCUT2D eigenvalue weighted by Gasteiger charge is 2.03. The molecule has 0 aliphatic carbocycles. The lowest BCUT2D eigenvalue weighted by molar-refractivity contribution is 0.414. The number of hydrogen-bond acceptors (Lipinski definition) is 4. The Labute approximate surface area is 99.7 Å². The Bertz CT molecular complexity index is 440. The number of halogens is 1. The molecule has 1 aromatic carbocycles. The van der Waals surface area contributed by atoms with Gasteiger partial charge in [0.2, 0.25) is 0 Å². The van der Waals surface area contributed by atoms with Crippen LogP contribution in [-0.2, 0) is 6.54 Å². The van der Waals surface area contributed by atoms with E-state index in [-0.39, 0.29) is 12.4 Å². The first kappa shape index (κ1) is 12.5. The fourth-order valence-corrected chi connectivity index (χ4v) is 1.36. The molecule has 0 aliphatic rings. The third kappa shape index (κ3) is 2.32. The van der Waals surface area contributed by atoms with Crippen molar-refractivity contribution < 1.29 is 4.74 Å². The summed E-state index contributed by atoms with van der Waals surface area (Å²) < 4.78 is 6.92. The average molecular weight is 241 g/mol. The lowest BCUT2D eigenvalue weighted by Crippen LogP contribution is -2.06. The van der Waals surface area contributed by atoms with Gasteiger partial charge in [-0.1, -0.05) is 0 Å². The average Bonchev–Trinajstić information content (AvgIpc) is 2.77. The second kappa shape index (κ2) is 5.48. The summed E-state index contributed by atoms with van der Waals surface area (Å²) in [6.45, 7) is 0.367. The summed E-state index contributed by atoms with van der Waals surface area (Å²) in [6.07, 6.45) is 1.64. The molecule has 6 heteroatoms. The van der Waals surface area contributed by atoms with Crippen LogP contribution in [0, 0.1) is 0 Å². The molecule has 0 aliphatic heterocycles. The molecule has 0 spiro atoms. The van der Waals surface area contributed by atoms with E-state index in [0.29, 0.717) is 6.54 Å². The van der Waals surface area contributed by atoms with Gasteiger partial charge in [0.05, 0.1) is 13.7 Å². The Morgan fingerprint density at radius 2 is 2.00 bits per heavy atom. The van der Waals surface area contributed by atoms with Crippen LogP contribution in [0.1, 0.15) is 5.82 Å². The number of ether oxygens (including phenoxy) is 1. The third-order valence-electron chi connectivity index (χ3n) is 2.15. The van der Waals surface area contributed by atoms with Gasteiger partial charge in [0.15, 0.2) is 5.82 Å². The molecule has 0 saturated carbocycles. The standard InChI is InChI=1S/C10H12N4O.ClH/c1-15-9-4-2-8(3-5-9)14-7-12-13-10(14)6-11;/h2-5,7H,6,11H2,1H3;1H. The van der Waals surface area contributed by atoms with E-state index >= 15 is 0 Å². The van der Waals surface area contributed by atoms with Gasteiger partial charge in [-0.05, 0) is 24.3 Å². The van der Waals surface area contributed by atoms with E-state index in [0.717, 1.165) is 17.3 Å². The van der Waals surface area contributed by atoms with Gasteiger partial charge in [-0.15, -0.1) is 22.6 Å². The molecule has 0 amide bonds. The summed E-state index contributed by atoms with van der Waals surface area (Å²) in [6, 6.07) is 7.63. The van der Waals surface area contributed by atoms with Crippen LogP contribution in [0.3, 0.4) is 0 Å². The molecule has 0 bridgehead atoms. The first-order valence-corrected chi connectivity index (χ1v) is 4.58. The Balaban J connectivity index is 0.00000128. The SMILES string of the molecule is COc1ccc(-n2cnnc2CN)cc1.Cl. The minimum absolute atomic E-state index is 0. The van der Waals surface area contributed by atoms with Crippen LogP contribution in [0.4, 0.5) is 0 Å². The summed E-state index contributed by atoms with van der Waals surface area (Å²) in [5, 5.41) is 7.72. The van der Waals surface area contributed by atoms with Crippen molar-refractivity contribution in [3.8, 4) is 11.4 Å². The zero-order chi connectivity index (χ0) is 10.7. The van der Waals surface area contributed by atoms with E-state index in [1.807, 2.05) is 28.8 Å². The van der Waals surface area contributed by atoms with Gasteiger partial charge in [0.1, 0.15) is 12.1 Å². The number of aromatic nitrogens is 3. The Morgan fingerprint density at radius 3 is 2.56 bits per heavy atom. The van der Waals surface area contributed by atoms with Gasteiger partial charge >= 0.3 is 0 Å². The van der Waals surface area contributed by atoms with Crippen LogP contribution < -0.4 is 10.5 Å². The summed E-state index contributed by atoms with van der Waals surface area (Å²) in [7, 11) is 1.64. The number of benzene rings is 1. The summed E-state index contributed by atoms with van der Waals surface area (Å²) in [5.41, 5.74) is 6.51. The van der Waals surface area contributed by atoms with Crippen molar-refractivity contribution in [2.45, 2.75) is 6.54 Å². The third-order valence-corrected chi connectivity index (χ3v) is 2.15. The van der Waals surface area contributed by atoms with Crippen molar-refractivity contribution in [1.29, 1.82) is 0 Å². The maximum Gasteiger partial charge on any atom is 0.151 e. The Kier molecular flexibility index (Phi) is 4.28. The van der Waals surface area contributed by atoms with E-state index < -0.39 is 0 Å². The van der Waals surface area contributed by atoms with E-state index in [4.69, 9.17) is 10.5 Å². The lowest BCUT2D eigenvalue weighted by atomic mass is 10.3. The summed E-state index contributed by atoms with van der Waals surface area (Å²) in [4.78, 5) is 0. The summed E-state index contributed by atoms with van der Waals surface area (Å²) >= 11 is 0. The number of rotatable bonds is 3. The number of hydrogen-bond donors (Lipinski definition) is 1. The van der Waals surface area contributed by atoms with Crippen LogP contribution in [0.5, 0.6) is 5.75 Å². The van der Waals surface area contributed by atoms with Crippen molar-refractivity contribution in [1.82, 2.24) is 14.8 Å². The van der Waals surface area contributed by atoms with E-state index in [9.17, 15) is 0 Å². The number of nitrogens with zero attached hydrogens (tertiary/aromatic N) is 3. The maximum atomic E-state index is 5.54. The molecular weight excluding hydrogens is 228 g/mol. The first-order valence-electron chi connectivity index (χ1n) is 4.58. The maximum absolute atomic E-state index is 5.54. The summed E-state index contributed by atoms with van der Waals surface area (Å²) in [5.74, 6) is 1.56. The second-order valence-corrected chi connectivity index (χ2v) is 3.02. The fourth-order valence-electron chi connectivity index (χ4n) is 1.36. The van der Waals surface area contributed by atoms with E-state index in [1.54, 1.807) is 13.4 Å². The monoisotopic (exact) mass is 240 g/mol. The van der Waals surface area contributed by atoms with Crippen molar-refractivity contribution in [3.05, 3.63) is 36.4 Å². The van der Waals surface area contributed by atoms with Crippen LogP contribution in [-0.4, -0.2) is 21.9 Å². The highest BCUT2D eigenvalue weighted by Crippen LogP contribution is 2.15. The van der Waals surface area contributed by atoms with Gasteiger partial charge in [0, 0.05) is 5.69 Å². The van der Waals surface area contributed by atoms with Crippen LogP contribution in [0.25, 0.3) is 5.69 Å². The largest absolute Gasteiger partial charge is 0.497 e. The molecule has 2 aromatic rings. The molecule has 0 saturated heterocycles. The van der Waals surface area contributed by atoms with Crippen LogP contribution in [0.15, 0.2) is 30.6 Å². The van der Waals surface area contributed by atoms with Crippen LogP contribution >= 0.6 is 12.4 Å². The number of nitrogens with two attached hydrogens (primary N) is 1. The normalized spacial score (nSPS) is 9.62. The molecule has 1 heterocycles. The van der Waals surface area contributed by atoms with Gasteiger partial charge in [0.25, 0.3) is 0 Å². The molecule has 16 heavy (non-hydrogen) atoms. The topological polar surface area (TPSA) is 66.0 Å². The fraction of sp³-hybridized carbons (Fsp3) is 0.200. The molecule has 1 aromatic heterocycles. The molecule has 0 fully saturated rings. The van der Waals surface area contributed by atoms with Gasteiger partial charge in [-0.2, -0.15) is 0 Å². The Morgan fingerprint density at radius 1 is 1.31 bits per heavy atom. The lowest BCUT2D eigenvalue weighted by Gasteiger charge is -2.05. The van der Waals surface area contributed by atoms with Crippen molar-refractivity contribution >= 4 is 12.4 Å². The Hall–Kier alpha value is -1.59. The van der Waals surface area contributed by atoms with E-state index in [1.165, 1.54) is 0 Å². The quantitative estimate of drug-likeness (QED) is 0.874. The molecule has 0 atom stereocenters. The smallest absolute Gasteiger partial charge is 0.151 e. The predicted molar refractivity (Wildman–Crippen MR) is 63.1 cm³/mol. The molecule has 2 N–H and O–H groups in total.